The number of benzene rings is 1. The number of thiophene rings is 1. The summed E-state index contributed by atoms with van der Waals surface area (Å²) < 4.78 is 16.2. The molecule has 2 aliphatic rings. The Morgan fingerprint density at radius 1 is 1.26 bits per heavy atom. The largest absolute Gasteiger partial charge is 0.316 e. The van der Waals surface area contributed by atoms with Crippen LogP contribution in [0.2, 0.25) is 0 Å². The molecular formula is C22H21FN4O2S2. The second kappa shape index (κ2) is 8.20. The zero-order valence-electron chi connectivity index (χ0n) is 17.0. The molecular weight excluding hydrogens is 435 g/mol. The van der Waals surface area contributed by atoms with Gasteiger partial charge in [0.15, 0.2) is 16.8 Å². The predicted molar refractivity (Wildman–Crippen MR) is 119 cm³/mol. The highest BCUT2D eigenvalue weighted by atomic mass is 32.2. The Bertz CT molecular complexity index is 1180. The van der Waals surface area contributed by atoms with Crippen LogP contribution in [0.25, 0.3) is 11.4 Å². The van der Waals surface area contributed by atoms with Gasteiger partial charge in [0.1, 0.15) is 10.8 Å². The van der Waals surface area contributed by atoms with Crippen molar-refractivity contribution in [2.24, 2.45) is 0 Å². The number of nitrogens with one attached hydrogen (secondary N) is 1. The van der Waals surface area contributed by atoms with Crippen LogP contribution in [0.15, 0.2) is 29.4 Å². The van der Waals surface area contributed by atoms with Crippen molar-refractivity contribution < 1.29 is 14.0 Å². The van der Waals surface area contributed by atoms with Gasteiger partial charge in [0.2, 0.25) is 5.91 Å². The number of fused-ring (bicyclic) bond motifs is 1. The van der Waals surface area contributed by atoms with Gasteiger partial charge in [0.05, 0.1) is 16.9 Å². The highest BCUT2D eigenvalue weighted by molar-refractivity contribution is 7.99. The van der Waals surface area contributed by atoms with Crippen molar-refractivity contribution in [3.8, 4) is 11.4 Å². The molecule has 0 aliphatic heterocycles. The highest BCUT2D eigenvalue weighted by Crippen LogP contribution is 2.42. The first kappa shape index (κ1) is 20.4. The summed E-state index contributed by atoms with van der Waals surface area (Å²) >= 11 is 2.79. The fourth-order valence-corrected chi connectivity index (χ4v) is 6.18. The number of hydrogen-bond donors (Lipinski definition) is 1. The maximum Gasteiger partial charge on any atom is 0.235 e. The zero-order chi connectivity index (χ0) is 21.5. The quantitative estimate of drug-likeness (QED) is 0.404. The lowest BCUT2D eigenvalue weighted by atomic mass is 10.1. The van der Waals surface area contributed by atoms with Gasteiger partial charge in [-0.1, -0.05) is 23.9 Å². The van der Waals surface area contributed by atoms with E-state index in [-0.39, 0.29) is 29.3 Å². The number of thioether (sulfide) groups is 1. The SMILES string of the molecule is CC(=O)c1c(NC(=O)CSc2nnc(-c3ccccc3F)n2C2CC2)sc2c1CCC2. The smallest absolute Gasteiger partial charge is 0.235 e. The van der Waals surface area contributed by atoms with Gasteiger partial charge in [-0.25, -0.2) is 4.39 Å². The summed E-state index contributed by atoms with van der Waals surface area (Å²) in [6.45, 7) is 1.55. The zero-order valence-corrected chi connectivity index (χ0v) is 18.6. The summed E-state index contributed by atoms with van der Waals surface area (Å²) in [6.07, 6.45) is 4.90. The van der Waals surface area contributed by atoms with Gasteiger partial charge in [0, 0.05) is 10.9 Å². The molecule has 0 atom stereocenters. The Hall–Kier alpha value is -2.52. The molecule has 1 N–H and O–H groups in total. The fraction of sp³-hybridized carbons (Fsp3) is 0.364. The first-order valence-electron chi connectivity index (χ1n) is 10.3. The van der Waals surface area contributed by atoms with Crippen LogP contribution in [-0.2, 0) is 17.6 Å². The summed E-state index contributed by atoms with van der Waals surface area (Å²) in [4.78, 5) is 26.0. The fourth-order valence-electron chi connectivity index (χ4n) is 4.02. The van der Waals surface area contributed by atoms with E-state index in [1.165, 1.54) is 34.0 Å². The number of carbonyl (C=O) groups is 2. The average Bonchev–Trinajstić information content (AvgIpc) is 3.16. The molecule has 0 spiro atoms. The summed E-state index contributed by atoms with van der Waals surface area (Å²) in [5, 5.41) is 12.6. The molecule has 1 aromatic carbocycles. The van der Waals surface area contributed by atoms with E-state index < -0.39 is 0 Å². The lowest BCUT2D eigenvalue weighted by molar-refractivity contribution is -0.113. The molecule has 3 aromatic rings. The van der Waals surface area contributed by atoms with Crippen LogP contribution in [-0.4, -0.2) is 32.2 Å². The number of anilines is 1. The lowest BCUT2D eigenvalue weighted by Gasteiger charge is -2.10. The molecule has 0 unspecified atom stereocenters. The van der Waals surface area contributed by atoms with Gasteiger partial charge in [-0.15, -0.1) is 21.5 Å². The maximum absolute atomic E-state index is 14.3. The maximum atomic E-state index is 14.3. The van der Waals surface area contributed by atoms with Crippen molar-refractivity contribution in [2.45, 2.75) is 50.2 Å². The number of Topliss-reactive ketones (excluding diaryl/α,β-unsaturated/α-hetero) is 1. The summed E-state index contributed by atoms with van der Waals surface area (Å²) in [5.41, 5.74) is 2.18. The van der Waals surface area contributed by atoms with Gasteiger partial charge in [-0.2, -0.15) is 0 Å². The normalized spacial score (nSPS) is 15.2. The minimum absolute atomic E-state index is 0.00893. The van der Waals surface area contributed by atoms with Crippen molar-refractivity contribution in [2.75, 3.05) is 11.1 Å². The first-order valence-corrected chi connectivity index (χ1v) is 12.1. The Labute approximate surface area is 187 Å². The van der Waals surface area contributed by atoms with Gasteiger partial charge in [-0.3, -0.25) is 14.2 Å². The van der Waals surface area contributed by atoms with E-state index in [4.69, 9.17) is 0 Å². The number of ketones is 1. The van der Waals surface area contributed by atoms with Crippen LogP contribution in [0.5, 0.6) is 0 Å². The van der Waals surface area contributed by atoms with Crippen LogP contribution < -0.4 is 5.32 Å². The Balaban J connectivity index is 1.33. The number of halogens is 1. The van der Waals surface area contributed by atoms with Crippen molar-refractivity contribution in [1.29, 1.82) is 0 Å². The third-order valence-corrected chi connectivity index (χ3v) is 7.70. The highest BCUT2D eigenvalue weighted by Gasteiger charge is 2.31. The molecule has 31 heavy (non-hydrogen) atoms. The van der Waals surface area contributed by atoms with Crippen molar-refractivity contribution in [3.05, 3.63) is 46.1 Å². The molecule has 1 amide bonds. The van der Waals surface area contributed by atoms with E-state index in [0.29, 0.717) is 27.1 Å². The van der Waals surface area contributed by atoms with E-state index in [1.807, 2.05) is 4.57 Å². The number of aryl methyl sites for hydroxylation is 1. The summed E-state index contributed by atoms with van der Waals surface area (Å²) in [6, 6.07) is 6.76. The van der Waals surface area contributed by atoms with E-state index in [0.717, 1.165) is 37.7 Å². The second-order valence-corrected chi connectivity index (χ2v) is 9.89. The number of carbonyl (C=O) groups excluding carboxylic acids is 2. The van der Waals surface area contributed by atoms with Crippen molar-refractivity contribution >= 4 is 39.8 Å². The van der Waals surface area contributed by atoms with Crippen LogP contribution in [0.1, 0.15) is 53.0 Å². The van der Waals surface area contributed by atoms with E-state index in [9.17, 15) is 14.0 Å². The van der Waals surface area contributed by atoms with Crippen molar-refractivity contribution in [3.63, 3.8) is 0 Å². The van der Waals surface area contributed by atoms with Gasteiger partial charge < -0.3 is 5.32 Å². The Morgan fingerprint density at radius 2 is 2.06 bits per heavy atom. The molecule has 2 aromatic heterocycles. The number of nitrogens with zero attached hydrogens (tertiary/aromatic N) is 3. The molecule has 1 fully saturated rings. The van der Waals surface area contributed by atoms with Crippen LogP contribution in [0, 0.1) is 5.82 Å². The number of amides is 1. The second-order valence-electron chi connectivity index (χ2n) is 7.84. The van der Waals surface area contributed by atoms with E-state index in [2.05, 4.69) is 15.5 Å². The molecule has 0 radical (unpaired) electrons. The number of rotatable bonds is 7. The minimum Gasteiger partial charge on any atom is -0.316 e. The molecule has 2 aliphatic carbocycles. The molecule has 6 nitrogen and oxygen atoms in total. The van der Waals surface area contributed by atoms with Crippen molar-refractivity contribution in [1.82, 2.24) is 14.8 Å². The number of hydrogen-bond acceptors (Lipinski definition) is 6. The summed E-state index contributed by atoms with van der Waals surface area (Å²) in [5.74, 6) is 0.100. The van der Waals surface area contributed by atoms with Crippen LogP contribution in [0.3, 0.4) is 0 Å². The molecule has 9 heteroatoms. The van der Waals surface area contributed by atoms with Crippen LogP contribution in [0.4, 0.5) is 9.39 Å². The molecule has 0 bridgehead atoms. The number of aromatic nitrogens is 3. The molecule has 1 saturated carbocycles. The van der Waals surface area contributed by atoms with E-state index in [1.54, 1.807) is 25.1 Å². The lowest BCUT2D eigenvalue weighted by Crippen LogP contribution is -2.15. The third-order valence-electron chi connectivity index (χ3n) is 5.55. The Morgan fingerprint density at radius 3 is 2.81 bits per heavy atom. The Kier molecular flexibility index (Phi) is 5.39. The summed E-state index contributed by atoms with van der Waals surface area (Å²) in [7, 11) is 0. The molecule has 2 heterocycles. The first-order chi connectivity index (χ1) is 15.0. The van der Waals surface area contributed by atoms with Gasteiger partial charge >= 0.3 is 0 Å². The minimum atomic E-state index is -0.339. The third kappa shape index (κ3) is 3.92. The van der Waals surface area contributed by atoms with E-state index >= 15 is 0 Å². The molecule has 5 rings (SSSR count). The standard InChI is InChI=1S/C22H21FN4O2S2/c1-12(28)19-15-6-4-8-17(15)31-21(19)24-18(29)11-30-22-26-25-20(27(22)13-9-10-13)14-5-2-3-7-16(14)23/h2-3,5,7,13H,4,6,8-11H2,1H3,(H,24,29). The van der Waals surface area contributed by atoms with Crippen LogP contribution >= 0.6 is 23.1 Å². The predicted octanol–water partition coefficient (Wildman–Crippen LogP) is 4.90. The molecule has 0 saturated heterocycles. The molecule has 160 valence electrons. The monoisotopic (exact) mass is 456 g/mol. The average molecular weight is 457 g/mol. The topological polar surface area (TPSA) is 76.9 Å². The van der Waals surface area contributed by atoms with Gasteiger partial charge in [0.25, 0.3) is 0 Å². The van der Waals surface area contributed by atoms with Gasteiger partial charge in [-0.05, 0) is 56.7 Å².